The summed E-state index contributed by atoms with van der Waals surface area (Å²) in [5.74, 6) is 0.348. The van der Waals surface area contributed by atoms with Crippen molar-refractivity contribution in [2.75, 3.05) is 5.32 Å². The first-order valence-electron chi connectivity index (χ1n) is 8.08. The summed E-state index contributed by atoms with van der Waals surface area (Å²) in [5, 5.41) is 3.28. The van der Waals surface area contributed by atoms with Gasteiger partial charge in [0.2, 0.25) is 0 Å². The van der Waals surface area contributed by atoms with Crippen LogP contribution >= 0.6 is 0 Å². The number of aryl methyl sites for hydroxylation is 1. The summed E-state index contributed by atoms with van der Waals surface area (Å²) >= 11 is 0. The molecule has 0 bridgehead atoms. The van der Waals surface area contributed by atoms with Gasteiger partial charge < -0.3 is 14.6 Å². The number of halogens is 1. The lowest BCUT2D eigenvalue weighted by Gasteiger charge is -2.26. The second kappa shape index (κ2) is 6.09. The van der Waals surface area contributed by atoms with Gasteiger partial charge in [0, 0.05) is 16.8 Å². The molecule has 0 saturated carbocycles. The van der Waals surface area contributed by atoms with Gasteiger partial charge in [-0.3, -0.25) is 4.79 Å². The third-order valence-corrected chi connectivity index (χ3v) is 4.44. The van der Waals surface area contributed by atoms with Gasteiger partial charge in [-0.2, -0.15) is 0 Å². The fourth-order valence-electron chi connectivity index (χ4n) is 3.10. The zero-order valence-corrected chi connectivity index (χ0v) is 13.7. The molecular weight excluding hydrogens is 319 g/mol. The van der Waals surface area contributed by atoms with E-state index < -0.39 is 0 Å². The van der Waals surface area contributed by atoms with E-state index in [-0.39, 0.29) is 17.9 Å². The van der Waals surface area contributed by atoms with Crippen molar-refractivity contribution in [1.29, 1.82) is 0 Å². The van der Waals surface area contributed by atoms with E-state index in [2.05, 4.69) is 5.32 Å². The Morgan fingerprint density at radius 1 is 1.16 bits per heavy atom. The van der Waals surface area contributed by atoms with Gasteiger partial charge in [0.15, 0.2) is 0 Å². The summed E-state index contributed by atoms with van der Waals surface area (Å²) in [5.41, 5.74) is 2.74. The Labute approximate surface area is 144 Å². The van der Waals surface area contributed by atoms with Crippen molar-refractivity contribution in [2.24, 2.45) is 0 Å². The Balaban J connectivity index is 1.70. The van der Waals surface area contributed by atoms with Crippen molar-refractivity contribution < 1.29 is 13.6 Å². The van der Waals surface area contributed by atoms with Crippen molar-refractivity contribution in [3.63, 3.8) is 0 Å². The largest absolute Gasteiger partial charge is 0.467 e. The summed E-state index contributed by atoms with van der Waals surface area (Å²) in [6.45, 7) is 2.06. The maximum atomic E-state index is 13.9. The molecular formula is C20H17FN2O2. The SMILES string of the molecule is Cc1ccc(N[C@H]2c3ccccc3C(=O)N2Cc2ccco2)cc1F. The van der Waals surface area contributed by atoms with Crippen LogP contribution in [0.5, 0.6) is 0 Å². The molecule has 2 aromatic carbocycles. The number of anilines is 1. The predicted octanol–water partition coefficient (Wildman–Crippen LogP) is 4.49. The molecule has 1 aliphatic heterocycles. The lowest BCUT2D eigenvalue weighted by molar-refractivity contribution is 0.0715. The normalized spacial score (nSPS) is 16.2. The number of carbonyl (C=O) groups excluding carboxylic acids is 1. The summed E-state index contributed by atoms with van der Waals surface area (Å²) in [6.07, 6.45) is 1.21. The van der Waals surface area contributed by atoms with Gasteiger partial charge in [-0.1, -0.05) is 24.3 Å². The van der Waals surface area contributed by atoms with E-state index in [1.54, 1.807) is 30.2 Å². The Hall–Kier alpha value is -3.08. The molecule has 0 saturated heterocycles. The summed E-state index contributed by atoms with van der Waals surface area (Å²) < 4.78 is 19.3. The Kier molecular flexibility index (Phi) is 3.76. The maximum Gasteiger partial charge on any atom is 0.256 e. The number of carbonyl (C=O) groups is 1. The molecule has 1 aromatic heterocycles. The van der Waals surface area contributed by atoms with E-state index in [1.807, 2.05) is 36.4 Å². The van der Waals surface area contributed by atoms with Crippen molar-refractivity contribution in [2.45, 2.75) is 19.6 Å². The van der Waals surface area contributed by atoms with Gasteiger partial charge in [0.05, 0.1) is 12.8 Å². The standard InChI is InChI=1S/C20H17FN2O2/c1-13-8-9-14(11-18(13)21)22-19-16-6-2-3-7-17(16)20(24)23(19)12-15-5-4-10-25-15/h2-11,19,22H,12H2,1H3/t19-/m1/s1. The van der Waals surface area contributed by atoms with Gasteiger partial charge in [-0.15, -0.1) is 0 Å². The molecule has 1 amide bonds. The smallest absolute Gasteiger partial charge is 0.256 e. The highest BCUT2D eigenvalue weighted by Crippen LogP contribution is 2.35. The van der Waals surface area contributed by atoms with E-state index in [1.165, 1.54) is 6.07 Å². The molecule has 1 aliphatic rings. The van der Waals surface area contributed by atoms with Crippen LogP contribution in [0, 0.1) is 12.7 Å². The number of benzene rings is 2. The molecule has 0 fully saturated rings. The lowest BCUT2D eigenvalue weighted by Crippen LogP contribution is -2.31. The number of hydrogen-bond donors (Lipinski definition) is 1. The summed E-state index contributed by atoms with van der Waals surface area (Å²) in [6, 6.07) is 16.1. The van der Waals surface area contributed by atoms with Crippen LogP contribution in [0.15, 0.2) is 65.3 Å². The molecule has 5 heteroatoms. The molecule has 25 heavy (non-hydrogen) atoms. The van der Waals surface area contributed by atoms with E-state index >= 15 is 0 Å². The quantitative estimate of drug-likeness (QED) is 0.763. The minimum atomic E-state index is -0.379. The third-order valence-electron chi connectivity index (χ3n) is 4.44. The number of amides is 1. The zero-order valence-electron chi connectivity index (χ0n) is 13.7. The molecule has 1 atom stereocenters. The van der Waals surface area contributed by atoms with Crippen molar-refractivity contribution in [3.05, 3.63) is 89.1 Å². The van der Waals surface area contributed by atoms with Crippen LogP contribution in [0.1, 0.15) is 33.4 Å². The number of rotatable bonds is 4. The molecule has 3 aromatic rings. The van der Waals surface area contributed by atoms with Crippen molar-refractivity contribution in [3.8, 4) is 0 Å². The Morgan fingerprint density at radius 2 is 2.00 bits per heavy atom. The fourth-order valence-corrected chi connectivity index (χ4v) is 3.10. The van der Waals surface area contributed by atoms with Gasteiger partial charge in [-0.05, 0) is 42.8 Å². The predicted molar refractivity (Wildman–Crippen MR) is 92.5 cm³/mol. The molecule has 0 radical (unpaired) electrons. The van der Waals surface area contributed by atoms with E-state index in [0.29, 0.717) is 29.1 Å². The number of furan rings is 1. The summed E-state index contributed by atoms with van der Waals surface area (Å²) in [4.78, 5) is 14.5. The average Bonchev–Trinajstić information content (AvgIpc) is 3.21. The highest BCUT2D eigenvalue weighted by Gasteiger charge is 2.36. The molecule has 1 N–H and O–H groups in total. The molecule has 0 spiro atoms. The average molecular weight is 336 g/mol. The van der Waals surface area contributed by atoms with Crippen LogP contribution in [0.3, 0.4) is 0 Å². The first-order chi connectivity index (χ1) is 12.1. The molecule has 4 rings (SSSR count). The highest BCUT2D eigenvalue weighted by atomic mass is 19.1. The van der Waals surface area contributed by atoms with Crippen molar-refractivity contribution >= 4 is 11.6 Å². The van der Waals surface area contributed by atoms with E-state index in [9.17, 15) is 9.18 Å². The fraction of sp³-hybridized carbons (Fsp3) is 0.150. The third kappa shape index (κ3) is 2.78. The molecule has 2 heterocycles. The molecule has 0 unspecified atom stereocenters. The van der Waals surface area contributed by atoms with Crippen LogP contribution in [-0.4, -0.2) is 10.8 Å². The Morgan fingerprint density at radius 3 is 2.76 bits per heavy atom. The number of nitrogens with zero attached hydrogens (tertiary/aromatic N) is 1. The number of fused-ring (bicyclic) bond motifs is 1. The maximum absolute atomic E-state index is 13.9. The van der Waals surface area contributed by atoms with Crippen LogP contribution in [0.25, 0.3) is 0 Å². The minimum Gasteiger partial charge on any atom is -0.467 e. The lowest BCUT2D eigenvalue weighted by atomic mass is 10.1. The van der Waals surface area contributed by atoms with Gasteiger partial charge in [0.25, 0.3) is 5.91 Å². The molecule has 4 nitrogen and oxygen atoms in total. The second-order valence-corrected chi connectivity index (χ2v) is 6.11. The van der Waals surface area contributed by atoms with E-state index in [0.717, 1.165) is 5.56 Å². The van der Waals surface area contributed by atoms with Gasteiger partial charge >= 0.3 is 0 Å². The van der Waals surface area contributed by atoms with Crippen LogP contribution in [0.4, 0.5) is 10.1 Å². The van der Waals surface area contributed by atoms with Crippen LogP contribution in [0.2, 0.25) is 0 Å². The second-order valence-electron chi connectivity index (χ2n) is 6.11. The number of hydrogen-bond acceptors (Lipinski definition) is 3. The highest BCUT2D eigenvalue weighted by molar-refractivity contribution is 5.99. The first-order valence-corrected chi connectivity index (χ1v) is 8.08. The van der Waals surface area contributed by atoms with Gasteiger partial charge in [-0.25, -0.2) is 4.39 Å². The molecule has 0 aliphatic carbocycles. The molecule has 126 valence electrons. The van der Waals surface area contributed by atoms with Crippen LogP contribution in [-0.2, 0) is 6.54 Å². The zero-order chi connectivity index (χ0) is 17.4. The monoisotopic (exact) mass is 336 g/mol. The van der Waals surface area contributed by atoms with Crippen molar-refractivity contribution in [1.82, 2.24) is 4.90 Å². The van der Waals surface area contributed by atoms with E-state index in [4.69, 9.17) is 4.42 Å². The topological polar surface area (TPSA) is 45.5 Å². The first kappa shape index (κ1) is 15.4. The Bertz CT molecular complexity index is 921. The van der Waals surface area contributed by atoms with Gasteiger partial charge in [0.1, 0.15) is 17.7 Å². The summed E-state index contributed by atoms with van der Waals surface area (Å²) in [7, 11) is 0. The minimum absolute atomic E-state index is 0.0721. The number of nitrogens with one attached hydrogen (secondary N) is 1. The van der Waals surface area contributed by atoms with Crippen LogP contribution < -0.4 is 5.32 Å².